The third-order valence-electron chi connectivity index (χ3n) is 4.51. The number of anilines is 1. The second-order valence-electron chi connectivity index (χ2n) is 6.30. The lowest BCUT2D eigenvalue weighted by Gasteiger charge is -2.18. The van der Waals surface area contributed by atoms with Crippen molar-refractivity contribution in [3.05, 3.63) is 50.5 Å². The zero-order valence-corrected chi connectivity index (χ0v) is 17.8. The van der Waals surface area contributed by atoms with Crippen molar-refractivity contribution in [2.45, 2.75) is 27.3 Å². The van der Waals surface area contributed by atoms with Gasteiger partial charge in [0.25, 0.3) is 11.5 Å². The largest absolute Gasteiger partial charge is 0.342 e. The maximum Gasteiger partial charge on any atom is 0.267 e. The zero-order chi connectivity index (χ0) is 21.1. The minimum atomic E-state index is -0.384. The average Bonchev–Trinajstić information content (AvgIpc) is 3.04. The van der Waals surface area contributed by atoms with Gasteiger partial charge in [0.1, 0.15) is 17.2 Å². The SMILES string of the molecule is CCN(CC)C(=O)Cn1cnc2sc(C(=O)Nc3ccc(Cl)cn3)c(C)c2c1=O. The predicted octanol–water partition coefficient (Wildman–Crippen LogP) is 2.94. The van der Waals surface area contributed by atoms with Crippen LogP contribution in [0, 0.1) is 6.92 Å². The molecule has 0 saturated carbocycles. The molecule has 3 heterocycles. The van der Waals surface area contributed by atoms with E-state index in [1.807, 2.05) is 13.8 Å². The monoisotopic (exact) mass is 433 g/mol. The number of nitrogens with one attached hydrogen (secondary N) is 1. The molecule has 3 rings (SSSR count). The summed E-state index contributed by atoms with van der Waals surface area (Å²) in [6, 6.07) is 3.21. The first kappa shape index (κ1) is 20.9. The fourth-order valence-corrected chi connectivity index (χ4v) is 4.08. The highest BCUT2D eigenvalue weighted by molar-refractivity contribution is 7.20. The number of rotatable bonds is 6. The minimum Gasteiger partial charge on any atom is -0.342 e. The molecule has 10 heteroatoms. The Bertz CT molecular complexity index is 1120. The van der Waals surface area contributed by atoms with E-state index in [4.69, 9.17) is 11.6 Å². The van der Waals surface area contributed by atoms with Gasteiger partial charge in [-0.15, -0.1) is 11.3 Å². The third-order valence-corrected chi connectivity index (χ3v) is 5.94. The molecule has 0 atom stereocenters. The number of carbonyl (C=O) groups excluding carboxylic acids is 2. The molecule has 0 unspecified atom stereocenters. The quantitative estimate of drug-likeness (QED) is 0.644. The minimum absolute atomic E-state index is 0.0883. The molecule has 8 nitrogen and oxygen atoms in total. The first-order chi connectivity index (χ1) is 13.8. The van der Waals surface area contributed by atoms with Crippen molar-refractivity contribution < 1.29 is 9.59 Å². The maximum atomic E-state index is 12.9. The van der Waals surface area contributed by atoms with E-state index in [0.29, 0.717) is 44.6 Å². The number of amides is 2. The van der Waals surface area contributed by atoms with Gasteiger partial charge in [-0.1, -0.05) is 11.6 Å². The summed E-state index contributed by atoms with van der Waals surface area (Å²) in [6.45, 7) is 6.52. The van der Waals surface area contributed by atoms with E-state index in [0.717, 1.165) is 11.3 Å². The summed E-state index contributed by atoms with van der Waals surface area (Å²) in [4.78, 5) is 48.7. The van der Waals surface area contributed by atoms with Crippen LogP contribution in [0.15, 0.2) is 29.5 Å². The highest BCUT2D eigenvalue weighted by atomic mass is 35.5. The number of pyridine rings is 1. The summed E-state index contributed by atoms with van der Waals surface area (Å²) >= 11 is 6.93. The van der Waals surface area contributed by atoms with Gasteiger partial charge in [0.2, 0.25) is 5.91 Å². The molecule has 0 fully saturated rings. The average molecular weight is 434 g/mol. The lowest BCUT2D eigenvalue weighted by molar-refractivity contribution is -0.131. The van der Waals surface area contributed by atoms with Crippen molar-refractivity contribution in [1.29, 1.82) is 0 Å². The summed E-state index contributed by atoms with van der Waals surface area (Å²) in [5.41, 5.74) is 0.187. The number of aromatic nitrogens is 3. The number of aryl methyl sites for hydroxylation is 1. The molecule has 0 bridgehead atoms. The van der Waals surface area contributed by atoms with Crippen LogP contribution >= 0.6 is 22.9 Å². The highest BCUT2D eigenvalue weighted by Gasteiger charge is 2.21. The normalized spacial score (nSPS) is 10.9. The van der Waals surface area contributed by atoms with Crippen LogP contribution in [0.5, 0.6) is 0 Å². The van der Waals surface area contributed by atoms with E-state index in [1.165, 1.54) is 17.1 Å². The van der Waals surface area contributed by atoms with Gasteiger partial charge >= 0.3 is 0 Å². The molecule has 0 aliphatic heterocycles. The number of halogens is 1. The second kappa shape index (κ2) is 8.71. The van der Waals surface area contributed by atoms with Crippen LogP contribution < -0.4 is 10.9 Å². The van der Waals surface area contributed by atoms with Crippen LogP contribution in [0.1, 0.15) is 29.1 Å². The van der Waals surface area contributed by atoms with Crippen molar-refractivity contribution in [1.82, 2.24) is 19.4 Å². The van der Waals surface area contributed by atoms with Crippen LogP contribution in [0.3, 0.4) is 0 Å². The van der Waals surface area contributed by atoms with Gasteiger partial charge in [-0.3, -0.25) is 19.0 Å². The Morgan fingerprint density at radius 3 is 2.59 bits per heavy atom. The number of likely N-dealkylation sites (N-methyl/N-ethyl adjacent to an activating group) is 1. The molecular formula is C19H20ClN5O3S. The Balaban J connectivity index is 1.92. The molecule has 2 amide bonds. The lowest BCUT2D eigenvalue weighted by atomic mass is 10.2. The number of thiophene rings is 1. The van der Waals surface area contributed by atoms with Crippen LogP contribution in [0.25, 0.3) is 10.2 Å². The van der Waals surface area contributed by atoms with Gasteiger partial charge in [0.15, 0.2) is 0 Å². The second-order valence-corrected chi connectivity index (χ2v) is 7.73. The Morgan fingerprint density at radius 1 is 1.24 bits per heavy atom. The van der Waals surface area contributed by atoms with Gasteiger partial charge in [-0.05, 0) is 38.5 Å². The molecule has 0 aliphatic rings. The fraction of sp³-hybridized carbons (Fsp3) is 0.316. The van der Waals surface area contributed by atoms with Crippen molar-refractivity contribution in [2.75, 3.05) is 18.4 Å². The molecule has 0 spiro atoms. The van der Waals surface area contributed by atoms with Gasteiger partial charge < -0.3 is 10.2 Å². The molecule has 0 saturated heterocycles. The first-order valence-electron chi connectivity index (χ1n) is 9.04. The van der Waals surface area contributed by atoms with E-state index in [-0.39, 0.29) is 23.9 Å². The molecule has 0 aromatic carbocycles. The van der Waals surface area contributed by atoms with Crippen molar-refractivity contribution in [2.24, 2.45) is 0 Å². The van der Waals surface area contributed by atoms with Crippen LogP contribution in [-0.2, 0) is 11.3 Å². The molecule has 152 valence electrons. The predicted molar refractivity (Wildman–Crippen MR) is 114 cm³/mol. The number of nitrogens with zero attached hydrogens (tertiary/aromatic N) is 4. The van der Waals surface area contributed by atoms with Gasteiger partial charge in [0, 0.05) is 19.3 Å². The zero-order valence-electron chi connectivity index (χ0n) is 16.2. The van der Waals surface area contributed by atoms with E-state index in [1.54, 1.807) is 24.0 Å². The Morgan fingerprint density at radius 2 is 1.97 bits per heavy atom. The molecule has 3 aromatic rings. The van der Waals surface area contributed by atoms with Crippen molar-refractivity contribution in [3.8, 4) is 0 Å². The molecule has 3 aromatic heterocycles. The van der Waals surface area contributed by atoms with E-state index in [9.17, 15) is 14.4 Å². The summed E-state index contributed by atoms with van der Waals surface area (Å²) in [5.74, 6) is -0.185. The first-order valence-corrected chi connectivity index (χ1v) is 10.2. The molecule has 1 N–H and O–H groups in total. The highest BCUT2D eigenvalue weighted by Crippen LogP contribution is 2.27. The number of carbonyl (C=O) groups is 2. The van der Waals surface area contributed by atoms with Crippen molar-refractivity contribution in [3.63, 3.8) is 0 Å². The summed E-state index contributed by atoms with van der Waals surface area (Å²) in [6.07, 6.45) is 2.78. The summed E-state index contributed by atoms with van der Waals surface area (Å²) in [7, 11) is 0. The van der Waals surface area contributed by atoms with Gasteiger partial charge in [-0.2, -0.15) is 0 Å². The number of hydrogen-bond donors (Lipinski definition) is 1. The molecule has 29 heavy (non-hydrogen) atoms. The molecular weight excluding hydrogens is 414 g/mol. The van der Waals surface area contributed by atoms with E-state index < -0.39 is 0 Å². The Kier molecular flexibility index (Phi) is 6.29. The molecule has 0 radical (unpaired) electrons. The third kappa shape index (κ3) is 4.30. The smallest absolute Gasteiger partial charge is 0.267 e. The lowest BCUT2D eigenvalue weighted by Crippen LogP contribution is -2.36. The maximum absolute atomic E-state index is 12.9. The van der Waals surface area contributed by atoms with E-state index >= 15 is 0 Å². The van der Waals surface area contributed by atoms with E-state index in [2.05, 4.69) is 15.3 Å². The topological polar surface area (TPSA) is 97.2 Å². The standard InChI is InChI=1S/C19H20ClN5O3S/c1-4-24(5-2)14(26)9-25-10-22-18-15(19(25)28)11(3)16(29-18)17(27)23-13-7-6-12(20)8-21-13/h6-8,10H,4-5,9H2,1-3H3,(H,21,23,27). The number of hydrogen-bond acceptors (Lipinski definition) is 6. The van der Waals surface area contributed by atoms with Crippen LogP contribution in [0.4, 0.5) is 5.82 Å². The summed E-state index contributed by atoms with van der Waals surface area (Å²) in [5, 5.41) is 3.50. The Labute approximate surface area is 176 Å². The van der Waals surface area contributed by atoms with Gasteiger partial charge in [-0.25, -0.2) is 9.97 Å². The van der Waals surface area contributed by atoms with Crippen LogP contribution in [0.2, 0.25) is 5.02 Å². The fourth-order valence-electron chi connectivity index (χ4n) is 2.93. The Hall–Kier alpha value is -2.78. The number of fused-ring (bicyclic) bond motifs is 1. The van der Waals surface area contributed by atoms with Gasteiger partial charge in [0.05, 0.1) is 21.6 Å². The summed E-state index contributed by atoms with van der Waals surface area (Å²) < 4.78 is 1.28. The van der Waals surface area contributed by atoms with Crippen LogP contribution in [-0.4, -0.2) is 44.3 Å². The van der Waals surface area contributed by atoms with Crippen molar-refractivity contribution >= 4 is 50.8 Å². The molecule has 0 aliphatic carbocycles.